The molecule has 1 nitrogen and oxygen atoms in total. The Balaban J connectivity index is 2.82. The monoisotopic (exact) mass is 236 g/mol. The van der Waals surface area contributed by atoms with E-state index in [4.69, 9.17) is 5.11 Å². The van der Waals surface area contributed by atoms with Gasteiger partial charge < -0.3 is 5.11 Å². The van der Waals surface area contributed by atoms with Crippen LogP contribution in [0.5, 0.6) is 0 Å². The van der Waals surface area contributed by atoms with Crippen molar-refractivity contribution in [1.29, 1.82) is 0 Å². The van der Waals surface area contributed by atoms with Crippen molar-refractivity contribution < 1.29 is 5.11 Å². The largest absolute Gasteiger partial charge is 0.396 e. The standard InChI is InChI=1S/C10H21BrO/c1-10(11)8-6-4-2-3-5-7-9-12/h10,12H,2-9H2,1H3/t10-/m1/s1. The molecule has 74 valence electrons. The van der Waals surface area contributed by atoms with Crippen LogP contribution in [0.3, 0.4) is 0 Å². The molecule has 0 radical (unpaired) electrons. The molecular weight excluding hydrogens is 216 g/mol. The van der Waals surface area contributed by atoms with Gasteiger partial charge in [-0.25, -0.2) is 0 Å². The fourth-order valence-corrected chi connectivity index (χ4v) is 1.57. The summed E-state index contributed by atoms with van der Waals surface area (Å²) < 4.78 is 0. The average molecular weight is 237 g/mol. The van der Waals surface area contributed by atoms with Crippen molar-refractivity contribution in [1.82, 2.24) is 0 Å². The second-order valence-corrected chi connectivity index (χ2v) is 4.98. The molecule has 0 aromatic rings. The fraction of sp³-hybridized carbons (Fsp3) is 1.00. The Labute approximate surface area is 84.7 Å². The first-order valence-electron chi connectivity index (χ1n) is 5.02. The first kappa shape index (κ1) is 12.4. The van der Waals surface area contributed by atoms with E-state index in [0.717, 1.165) is 6.42 Å². The SMILES string of the molecule is C[C@@H](Br)CCCCCCCCO. The van der Waals surface area contributed by atoms with Gasteiger partial charge in [0.2, 0.25) is 0 Å². The lowest BCUT2D eigenvalue weighted by atomic mass is 10.1. The number of alkyl halides is 1. The second kappa shape index (κ2) is 9.53. The summed E-state index contributed by atoms with van der Waals surface area (Å²) in [5, 5.41) is 8.54. The minimum absolute atomic E-state index is 0.360. The van der Waals surface area contributed by atoms with Crippen molar-refractivity contribution in [2.75, 3.05) is 6.61 Å². The van der Waals surface area contributed by atoms with Gasteiger partial charge in [-0.1, -0.05) is 55.0 Å². The van der Waals surface area contributed by atoms with Crippen LogP contribution >= 0.6 is 15.9 Å². The highest BCUT2D eigenvalue weighted by Crippen LogP contribution is 2.12. The molecule has 0 bridgehead atoms. The van der Waals surface area contributed by atoms with Gasteiger partial charge in [0.15, 0.2) is 0 Å². The molecule has 2 heteroatoms. The predicted molar refractivity (Wildman–Crippen MR) is 57.8 cm³/mol. The Kier molecular flexibility index (Phi) is 9.88. The molecule has 0 aliphatic rings. The van der Waals surface area contributed by atoms with Gasteiger partial charge in [0, 0.05) is 11.4 Å². The lowest BCUT2D eigenvalue weighted by Gasteiger charge is -2.02. The molecular formula is C10H21BrO. The van der Waals surface area contributed by atoms with Crippen LogP contribution in [0, 0.1) is 0 Å². The molecule has 0 unspecified atom stereocenters. The van der Waals surface area contributed by atoms with E-state index < -0.39 is 0 Å². The van der Waals surface area contributed by atoms with E-state index in [1.54, 1.807) is 0 Å². The topological polar surface area (TPSA) is 20.2 Å². The van der Waals surface area contributed by atoms with E-state index in [0.29, 0.717) is 11.4 Å². The fourth-order valence-electron chi connectivity index (χ4n) is 1.24. The highest BCUT2D eigenvalue weighted by atomic mass is 79.9. The zero-order valence-corrected chi connectivity index (χ0v) is 9.65. The summed E-state index contributed by atoms with van der Waals surface area (Å²) in [4.78, 5) is 0.676. The third-order valence-corrected chi connectivity index (χ3v) is 2.47. The zero-order chi connectivity index (χ0) is 9.23. The van der Waals surface area contributed by atoms with Crippen molar-refractivity contribution in [2.24, 2.45) is 0 Å². The molecule has 0 saturated heterocycles. The first-order valence-corrected chi connectivity index (χ1v) is 5.94. The summed E-state index contributed by atoms with van der Waals surface area (Å²) in [7, 11) is 0. The normalized spacial score (nSPS) is 13.2. The van der Waals surface area contributed by atoms with E-state index >= 15 is 0 Å². The molecule has 12 heavy (non-hydrogen) atoms. The number of rotatable bonds is 8. The van der Waals surface area contributed by atoms with Crippen molar-refractivity contribution in [3.63, 3.8) is 0 Å². The van der Waals surface area contributed by atoms with Crippen LogP contribution in [-0.2, 0) is 0 Å². The van der Waals surface area contributed by atoms with E-state index in [9.17, 15) is 0 Å². The van der Waals surface area contributed by atoms with Gasteiger partial charge in [-0.15, -0.1) is 0 Å². The number of aliphatic hydroxyl groups is 1. The Bertz CT molecular complexity index is 83.9. The molecule has 0 saturated carbocycles. The van der Waals surface area contributed by atoms with Crippen molar-refractivity contribution in [2.45, 2.75) is 56.7 Å². The Morgan fingerprint density at radius 2 is 1.50 bits per heavy atom. The van der Waals surface area contributed by atoms with E-state index in [1.807, 2.05) is 0 Å². The molecule has 0 aromatic carbocycles. The van der Waals surface area contributed by atoms with E-state index in [-0.39, 0.29) is 0 Å². The summed E-state index contributed by atoms with van der Waals surface area (Å²) in [6, 6.07) is 0. The van der Waals surface area contributed by atoms with Gasteiger partial charge in [0.1, 0.15) is 0 Å². The number of aliphatic hydroxyl groups excluding tert-OH is 1. The van der Waals surface area contributed by atoms with Crippen LogP contribution in [0.2, 0.25) is 0 Å². The maximum atomic E-state index is 8.54. The molecule has 0 fully saturated rings. The molecule has 0 spiro atoms. The summed E-state index contributed by atoms with van der Waals surface area (Å²) >= 11 is 3.54. The van der Waals surface area contributed by atoms with Gasteiger partial charge in [-0.2, -0.15) is 0 Å². The van der Waals surface area contributed by atoms with Crippen LogP contribution < -0.4 is 0 Å². The van der Waals surface area contributed by atoms with Crippen LogP contribution in [0.25, 0.3) is 0 Å². The molecule has 0 rings (SSSR count). The number of hydrogen-bond acceptors (Lipinski definition) is 1. The van der Waals surface area contributed by atoms with Crippen molar-refractivity contribution in [3.05, 3.63) is 0 Å². The van der Waals surface area contributed by atoms with Crippen LogP contribution in [0.1, 0.15) is 51.9 Å². The van der Waals surface area contributed by atoms with Gasteiger partial charge in [0.25, 0.3) is 0 Å². The van der Waals surface area contributed by atoms with Crippen LogP contribution in [0.4, 0.5) is 0 Å². The summed E-state index contributed by atoms with van der Waals surface area (Å²) in [6.45, 7) is 2.56. The quantitative estimate of drug-likeness (QED) is 0.506. The summed E-state index contributed by atoms with van der Waals surface area (Å²) in [5.74, 6) is 0. The van der Waals surface area contributed by atoms with Gasteiger partial charge in [-0.3, -0.25) is 0 Å². The van der Waals surface area contributed by atoms with Crippen molar-refractivity contribution >= 4 is 15.9 Å². The Morgan fingerprint density at radius 1 is 1.00 bits per heavy atom. The lowest BCUT2D eigenvalue weighted by Crippen LogP contribution is -1.89. The maximum Gasteiger partial charge on any atom is 0.0431 e. The third-order valence-electron chi connectivity index (χ3n) is 2.01. The minimum atomic E-state index is 0.360. The molecule has 0 aromatic heterocycles. The predicted octanol–water partition coefficient (Wildman–Crippen LogP) is 3.49. The molecule has 0 amide bonds. The van der Waals surface area contributed by atoms with Gasteiger partial charge in [-0.05, 0) is 12.8 Å². The molecule has 0 heterocycles. The zero-order valence-electron chi connectivity index (χ0n) is 8.06. The molecule has 1 N–H and O–H groups in total. The van der Waals surface area contributed by atoms with Crippen LogP contribution in [0.15, 0.2) is 0 Å². The Hall–Kier alpha value is 0.440. The average Bonchev–Trinajstić information content (AvgIpc) is 2.02. The molecule has 1 atom stereocenters. The highest BCUT2D eigenvalue weighted by molar-refractivity contribution is 9.09. The second-order valence-electron chi connectivity index (χ2n) is 3.41. The first-order chi connectivity index (χ1) is 5.77. The minimum Gasteiger partial charge on any atom is -0.396 e. The Morgan fingerprint density at radius 3 is 2.00 bits per heavy atom. The maximum absolute atomic E-state index is 8.54. The smallest absolute Gasteiger partial charge is 0.0431 e. The molecule has 0 aliphatic heterocycles. The van der Waals surface area contributed by atoms with Crippen LogP contribution in [-0.4, -0.2) is 16.5 Å². The number of halogens is 1. The third kappa shape index (κ3) is 10.4. The van der Waals surface area contributed by atoms with Gasteiger partial charge >= 0.3 is 0 Å². The number of unbranched alkanes of at least 4 members (excludes halogenated alkanes) is 5. The van der Waals surface area contributed by atoms with Crippen molar-refractivity contribution in [3.8, 4) is 0 Å². The lowest BCUT2D eigenvalue weighted by molar-refractivity contribution is 0.282. The van der Waals surface area contributed by atoms with E-state index in [1.165, 1.54) is 38.5 Å². The number of hydrogen-bond donors (Lipinski definition) is 1. The highest BCUT2D eigenvalue weighted by Gasteiger charge is 1.95. The van der Waals surface area contributed by atoms with Gasteiger partial charge in [0.05, 0.1) is 0 Å². The summed E-state index contributed by atoms with van der Waals surface area (Å²) in [6.07, 6.45) is 8.78. The summed E-state index contributed by atoms with van der Waals surface area (Å²) in [5.41, 5.74) is 0. The van der Waals surface area contributed by atoms with E-state index in [2.05, 4.69) is 22.9 Å². The molecule has 0 aliphatic carbocycles.